The molecule has 0 heterocycles. The van der Waals surface area contributed by atoms with Crippen molar-refractivity contribution in [3.63, 3.8) is 0 Å². The number of methoxy groups -OCH3 is 1. The van der Waals surface area contributed by atoms with Crippen LogP contribution in [0.1, 0.15) is 72.1 Å². The highest BCUT2D eigenvalue weighted by atomic mass is 16.5. The van der Waals surface area contributed by atoms with E-state index in [2.05, 4.69) is 20.8 Å². The summed E-state index contributed by atoms with van der Waals surface area (Å²) in [6, 6.07) is 0. The van der Waals surface area contributed by atoms with Crippen LogP contribution < -0.4 is 5.73 Å². The first-order valence-corrected chi connectivity index (χ1v) is 7.94. The van der Waals surface area contributed by atoms with Gasteiger partial charge in [-0.1, -0.05) is 65.7 Å². The van der Waals surface area contributed by atoms with Crippen molar-refractivity contribution in [2.75, 3.05) is 13.7 Å². The third kappa shape index (κ3) is 7.38. The summed E-state index contributed by atoms with van der Waals surface area (Å²) in [5.41, 5.74) is 5.86. The van der Waals surface area contributed by atoms with Gasteiger partial charge < -0.3 is 10.5 Å². The molecule has 0 aromatic heterocycles. The molecule has 0 spiro atoms. The number of hydrogen-bond donors (Lipinski definition) is 1. The third-order valence-corrected chi connectivity index (χ3v) is 4.15. The first kappa shape index (κ1) is 17.9. The van der Waals surface area contributed by atoms with Crippen molar-refractivity contribution in [1.29, 1.82) is 0 Å². The summed E-state index contributed by atoms with van der Waals surface area (Å²) in [4.78, 5) is 0. The van der Waals surface area contributed by atoms with E-state index in [0.717, 1.165) is 5.92 Å². The number of unbranched alkanes of at least 4 members (excludes halogenated alkanes) is 4. The van der Waals surface area contributed by atoms with E-state index >= 15 is 0 Å². The maximum atomic E-state index is 5.86. The summed E-state index contributed by atoms with van der Waals surface area (Å²) < 4.78 is 5.59. The molecule has 0 bridgehead atoms. The highest BCUT2D eigenvalue weighted by Gasteiger charge is 2.25. The van der Waals surface area contributed by atoms with Crippen LogP contribution >= 0.6 is 0 Å². The summed E-state index contributed by atoms with van der Waals surface area (Å²) in [5, 5.41) is 0. The fraction of sp³-hybridized carbons (Fsp3) is 1.00. The highest BCUT2D eigenvalue weighted by molar-refractivity contribution is 4.76. The SMILES string of the molecule is CCCCCCC(C(C)CCCC)C(CN)OC. The molecule has 2 nitrogen and oxygen atoms in total. The van der Waals surface area contributed by atoms with Crippen LogP contribution in [0, 0.1) is 11.8 Å². The predicted octanol–water partition coefficient (Wildman–Crippen LogP) is 4.37. The zero-order valence-electron chi connectivity index (χ0n) is 13.1. The Bertz CT molecular complexity index is 168. The van der Waals surface area contributed by atoms with Gasteiger partial charge in [0.1, 0.15) is 0 Å². The minimum absolute atomic E-state index is 0.249. The lowest BCUT2D eigenvalue weighted by Gasteiger charge is -2.30. The molecule has 110 valence electrons. The number of ether oxygens (including phenoxy) is 1. The molecule has 0 rings (SSSR count). The number of rotatable bonds is 12. The molecule has 0 aromatic rings. The van der Waals surface area contributed by atoms with Gasteiger partial charge in [-0.15, -0.1) is 0 Å². The van der Waals surface area contributed by atoms with E-state index in [0.29, 0.717) is 12.5 Å². The quantitative estimate of drug-likeness (QED) is 0.527. The second-order valence-corrected chi connectivity index (χ2v) is 5.64. The van der Waals surface area contributed by atoms with Crippen molar-refractivity contribution < 1.29 is 4.74 Å². The molecule has 0 amide bonds. The Morgan fingerprint density at radius 3 is 2.11 bits per heavy atom. The summed E-state index contributed by atoms with van der Waals surface area (Å²) in [5.74, 6) is 1.38. The van der Waals surface area contributed by atoms with Crippen molar-refractivity contribution in [2.45, 2.75) is 78.2 Å². The lowest BCUT2D eigenvalue weighted by molar-refractivity contribution is 0.0290. The molecule has 18 heavy (non-hydrogen) atoms. The lowest BCUT2D eigenvalue weighted by Crippen LogP contribution is -2.35. The van der Waals surface area contributed by atoms with Gasteiger partial charge in [0.15, 0.2) is 0 Å². The molecule has 0 fully saturated rings. The molecule has 0 saturated carbocycles. The molecule has 0 aliphatic carbocycles. The van der Waals surface area contributed by atoms with Crippen LogP contribution in [-0.2, 0) is 4.74 Å². The molecular formula is C16H35NO. The molecular weight excluding hydrogens is 222 g/mol. The first-order valence-electron chi connectivity index (χ1n) is 7.94. The van der Waals surface area contributed by atoms with E-state index in [9.17, 15) is 0 Å². The van der Waals surface area contributed by atoms with Crippen molar-refractivity contribution in [1.82, 2.24) is 0 Å². The van der Waals surface area contributed by atoms with Gasteiger partial charge in [-0.2, -0.15) is 0 Å². The van der Waals surface area contributed by atoms with Gasteiger partial charge in [-0.25, -0.2) is 0 Å². The molecule has 2 heteroatoms. The van der Waals surface area contributed by atoms with E-state index in [1.807, 2.05) is 7.11 Å². The Morgan fingerprint density at radius 1 is 0.944 bits per heavy atom. The Kier molecular flexibility index (Phi) is 11.9. The summed E-state index contributed by atoms with van der Waals surface area (Å²) in [6.45, 7) is 7.56. The minimum Gasteiger partial charge on any atom is -0.380 e. The summed E-state index contributed by atoms with van der Waals surface area (Å²) in [6.07, 6.45) is 10.8. The van der Waals surface area contributed by atoms with Gasteiger partial charge in [0.25, 0.3) is 0 Å². The maximum absolute atomic E-state index is 5.86. The highest BCUT2D eigenvalue weighted by Crippen LogP contribution is 2.28. The predicted molar refractivity (Wildman–Crippen MR) is 80.8 cm³/mol. The van der Waals surface area contributed by atoms with Crippen LogP contribution in [0.4, 0.5) is 0 Å². The van der Waals surface area contributed by atoms with Gasteiger partial charge in [-0.05, 0) is 18.3 Å². The fourth-order valence-corrected chi connectivity index (χ4v) is 2.83. The van der Waals surface area contributed by atoms with Gasteiger partial charge in [0.05, 0.1) is 6.10 Å². The van der Waals surface area contributed by atoms with Crippen LogP contribution in [0.5, 0.6) is 0 Å². The average Bonchev–Trinajstić information content (AvgIpc) is 2.39. The number of nitrogens with two attached hydrogens (primary N) is 1. The average molecular weight is 257 g/mol. The second kappa shape index (κ2) is 12.0. The van der Waals surface area contributed by atoms with Crippen molar-refractivity contribution in [3.05, 3.63) is 0 Å². The second-order valence-electron chi connectivity index (χ2n) is 5.64. The van der Waals surface area contributed by atoms with Crippen molar-refractivity contribution >= 4 is 0 Å². The van der Waals surface area contributed by atoms with Crippen LogP contribution in [-0.4, -0.2) is 19.8 Å². The normalized spacial score (nSPS) is 16.5. The van der Waals surface area contributed by atoms with E-state index in [-0.39, 0.29) is 6.10 Å². The van der Waals surface area contributed by atoms with E-state index in [1.54, 1.807) is 0 Å². The topological polar surface area (TPSA) is 35.2 Å². The largest absolute Gasteiger partial charge is 0.380 e. The molecule has 0 saturated heterocycles. The maximum Gasteiger partial charge on any atom is 0.0724 e. The van der Waals surface area contributed by atoms with Gasteiger partial charge >= 0.3 is 0 Å². The molecule has 2 N–H and O–H groups in total. The molecule has 0 aliphatic heterocycles. The monoisotopic (exact) mass is 257 g/mol. The van der Waals surface area contributed by atoms with Crippen LogP contribution in [0.2, 0.25) is 0 Å². The standard InChI is InChI=1S/C16H35NO/c1-5-7-9-10-12-15(16(13-17)18-4)14(3)11-8-6-2/h14-16H,5-13,17H2,1-4H3. The van der Waals surface area contributed by atoms with Gasteiger partial charge in [0.2, 0.25) is 0 Å². The zero-order valence-corrected chi connectivity index (χ0v) is 13.1. The Balaban J connectivity index is 4.22. The molecule has 0 radical (unpaired) electrons. The molecule has 0 aliphatic rings. The Morgan fingerprint density at radius 2 is 1.61 bits per heavy atom. The first-order chi connectivity index (χ1) is 8.71. The molecule has 3 atom stereocenters. The summed E-state index contributed by atoms with van der Waals surface area (Å²) in [7, 11) is 1.81. The Hall–Kier alpha value is -0.0800. The van der Waals surface area contributed by atoms with E-state index in [1.165, 1.54) is 51.4 Å². The summed E-state index contributed by atoms with van der Waals surface area (Å²) >= 11 is 0. The Labute approximate surface area is 115 Å². The van der Waals surface area contributed by atoms with Crippen molar-refractivity contribution in [3.8, 4) is 0 Å². The zero-order chi connectivity index (χ0) is 13.8. The van der Waals surface area contributed by atoms with Crippen LogP contribution in [0.25, 0.3) is 0 Å². The molecule has 0 aromatic carbocycles. The third-order valence-electron chi connectivity index (χ3n) is 4.15. The van der Waals surface area contributed by atoms with Gasteiger partial charge in [-0.3, -0.25) is 0 Å². The lowest BCUT2D eigenvalue weighted by atomic mass is 9.81. The number of hydrogen-bond acceptors (Lipinski definition) is 2. The minimum atomic E-state index is 0.249. The van der Waals surface area contributed by atoms with Gasteiger partial charge in [0, 0.05) is 13.7 Å². The molecule has 3 unspecified atom stereocenters. The van der Waals surface area contributed by atoms with Crippen molar-refractivity contribution in [2.24, 2.45) is 17.6 Å². The van der Waals surface area contributed by atoms with E-state index < -0.39 is 0 Å². The van der Waals surface area contributed by atoms with Crippen LogP contribution in [0.15, 0.2) is 0 Å². The smallest absolute Gasteiger partial charge is 0.0724 e. The fourth-order valence-electron chi connectivity index (χ4n) is 2.83. The van der Waals surface area contributed by atoms with Crippen LogP contribution in [0.3, 0.4) is 0 Å². The van der Waals surface area contributed by atoms with E-state index in [4.69, 9.17) is 10.5 Å².